The van der Waals surface area contributed by atoms with Crippen LogP contribution in [0, 0.1) is 0 Å². The van der Waals surface area contributed by atoms with Crippen LogP contribution in [0.2, 0.25) is 0 Å². The Hall–Kier alpha value is -3.19. The van der Waals surface area contributed by atoms with Crippen LogP contribution in [0.1, 0.15) is 71.2 Å². The first-order valence-corrected chi connectivity index (χ1v) is 13.3. The molecule has 0 bridgehead atoms. The van der Waals surface area contributed by atoms with Gasteiger partial charge in [-0.1, -0.05) is 43.5 Å². The molecule has 3 amide bonds. The molecule has 7 heteroatoms. The zero-order chi connectivity index (χ0) is 25.1. The third-order valence-electron chi connectivity index (χ3n) is 7.99. The summed E-state index contributed by atoms with van der Waals surface area (Å²) in [5.74, 6) is -0.179. The molecule has 36 heavy (non-hydrogen) atoms. The van der Waals surface area contributed by atoms with Gasteiger partial charge < -0.3 is 20.0 Å². The van der Waals surface area contributed by atoms with E-state index in [1.54, 1.807) is 15.9 Å². The van der Waals surface area contributed by atoms with Crippen LogP contribution in [0.3, 0.4) is 0 Å². The topological polar surface area (TPSA) is 73.0 Å². The second kappa shape index (κ2) is 10.8. The number of carbonyl (C=O) groups is 3. The molecule has 1 saturated carbocycles. The van der Waals surface area contributed by atoms with Gasteiger partial charge in [0.1, 0.15) is 6.04 Å². The van der Waals surface area contributed by atoms with E-state index < -0.39 is 6.04 Å². The molecule has 2 aromatic carbocycles. The van der Waals surface area contributed by atoms with Gasteiger partial charge in [-0.25, -0.2) is 0 Å². The number of para-hydroxylation sites is 1. The maximum atomic E-state index is 13.5. The summed E-state index contributed by atoms with van der Waals surface area (Å²) in [6.07, 6.45) is 8.00. The van der Waals surface area contributed by atoms with Crippen LogP contribution in [0.5, 0.6) is 0 Å². The lowest BCUT2D eigenvalue weighted by Gasteiger charge is -2.31. The number of benzene rings is 2. The minimum atomic E-state index is -0.401. The van der Waals surface area contributed by atoms with Crippen molar-refractivity contribution >= 4 is 23.4 Å². The van der Waals surface area contributed by atoms with Gasteiger partial charge in [-0.3, -0.25) is 14.4 Å². The van der Waals surface area contributed by atoms with Crippen LogP contribution in [-0.2, 0) is 11.3 Å². The SMILES string of the molecule is CN(CCNC(=O)c1ccc(CN2C(=O)[C@H]3CCCN3C(=O)c3ccccc32)cc1)C1CCCCC1. The minimum Gasteiger partial charge on any atom is -0.351 e. The summed E-state index contributed by atoms with van der Waals surface area (Å²) >= 11 is 0. The Bertz CT molecular complexity index is 1110. The Kier molecular flexibility index (Phi) is 7.37. The highest BCUT2D eigenvalue weighted by Crippen LogP contribution is 2.33. The number of likely N-dealkylation sites (N-methyl/N-ethyl adjacent to an activating group) is 1. The fourth-order valence-electron chi connectivity index (χ4n) is 5.87. The van der Waals surface area contributed by atoms with Gasteiger partial charge in [-0.05, 0) is 62.6 Å². The zero-order valence-corrected chi connectivity index (χ0v) is 21.1. The molecule has 1 N–H and O–H groups in total. The predicted octanol–water partition coefficient (Wildman–Crippen LogP) is 3.83. The molecule has 190 valence electrons. The van der Waals surface area contributed by atoms with Crippen LogP contribution in [0.25, 0.3) is 0 Å². The van der Waals surface area contributed by atoms with Crippen molar-refractivity contribution in [2.45, 2.75) is 63.6 Å². The minimum absolute atomic E-state index is 0.0327. The normalized spacial score (nSPS) is 20.3. The predicted molar refractivity (Wildman–Crippen MR) is 140 cm³/mol. The van der Waals surface area contributed by atoms with Gasteiger partial charge in [-0.2, -0.15) is 0 Å². The Morgan fingerprint density at radius 1 is 0.972 bits per heavy atom. The van der Waals surface area contributed by atoms with Gasteiger partial charge >= 0.3 is 0 Å². The number of carbonyl (C=O) groups excluding carboxylic acids is 3. The van der Waals surface area contributed by atoms with E-state index >= 15 is 0 Å². The van der Waals surface area contributed by atoms with E-state index in [0.717, 1.165) is 18.5 Å². The maximum Gasteiger partial charge on any atom is 0.256 e. The summed E-state index contributed by atoms with van der Waals surface area (Å²) in [7, 11) is 2.15. The lowest BCUT2D eigenvalue weighted by atomic mass is 9.94. The average Bonchev–Trinajstić information content (AvgIpc) is 3.39. The first-order valence-electron chi connectivity index (χ1n) is 13.3. The van der Waals surface area contributed by atoms with Crippen molar-refractivity contribution in [2.75, 3.05) is 31.6 Å². The number of amides is 3. The molecule has 2 aliphatic heterocycles. The van der Waals surface area contributed by atoms with Crippen molar-refractivity contribution < 1.29 is 14.4 Å². The van der Waals surface area contributed by atoms with E-state index in [2.05, 4.69) is 17.3 Å². The van der Waals surface area contributed by atoms with Gasteiger partial charge in [0.2, 0.25) is 5.91 Å². The fraction of sp³-hybridized carbons (Fsp3) is 0.483. The molecule has 2 fully saturated rings. The van der Waals surface area contributed by atoms with Gasteiger partial charge in [0.15, 0.2) is 0 Å². The van der Waals surface area contributed by atoms with E-state index in [1.165, 1.54) is 32.1 Å². The van der Waals surface area contributed by atoms with E-state index in [9.17, 15) is 14.4 Å². The molecule has 3 aliphatic rings. The third kappa shape index (κ3) is 5.03. The molecular weight excluding hydrogens is 452 g/mol. The smallest absolute Gasteiger partial charge is 0.256 e. The van der Waals surface area contributed by atoms with E-state index in [-0.39, 0.29) is 17.7 Å². The number of fused-ring (bicyclic) bond motifs is 2. The highest BCUT2D eigenvalue weighted by atomic mass is 16.2. The molecule has 1 atom stereocenters. The number of nitrogens with one attached hydrogen (secondary N) is 1. The average molecular weight is 489 g/mol. The molecule has 1 aliphatic carbocycles. The Labute approximate surface area is 213 Å². The summed E-state index contributed by atoms with van der Waals surface area (Å²) in [6.45, 7) is 2.46. The molecule has 5 rings (SSSR count). The van der Waals surface area contributed by atoms with Crippen LogP contribution in [-0.4, -0.2) is 66.3 Å². The molecule has 0 radical (unpaired) electrons. The molecule has 7 nitrogen and oxygen atoms in total. The summed E-state index contributed by atoms with van der Waals surface area (Å²) in [5.41, 5.74) is 2.76. The molecule has 2 aromatic rings. The Morgan fingerprint density at radius 3 is 2.50 bits per heavy atom. The first-order chi connectivity index (χ1) is 17.5. The number of rotatable bonds is 7. The van der Waals surface area contributed by atoms with Crippen LogP contribution in [0.4, 0.5) is 5.69 Å². The summed E-state index contributed by atoms with van der Waals surface area (Å²) < 4.78 is 0. The molecule has 0 spiro atoms. The Balaban J connectivity index is 1.22. The van der Waals surface area contributed by atoms with Crippen molar-refractivity contribution in [1.29, 1.82) is 0 Å². The highest BCUT2D eigenvalue weighted by molar-refractivity contribution is 6.11. The summed E-state index contributed by atoms with van der Waals surface area (Å²) in [4.78, 5) is 45.1. The second-order valence-electron chi connectivity index (χ2n) is 10.3. The number of nitrogens with zero attached hydrogens (tertiary/aromatic N) is 3. The summed E-state index contributed by atoms with van der Waals surface area (Å²) in [6, 6.07) is 15.0. The van der Waals surface area contributed by atoms with Crippen LogP contribution < -0.4 is 10.2 Å². The number of anilines is 1. The van der Waals surface area contributed by atoms with Crippen molar-refractivity contribution in [1.82, 2.24) is 15.1 Å². The lowest BCUT2D eigenvalue weighted by molar-refractivity contribution is -0.122. The van der Waals surface area contributed by atoms with Crippen LogP contribution in [0.15, 0.2) is 48.5 Å². The maximum absolute atomic E-state index is 13.5. The zero-order valence-electron chi connectivity index (χ0n) is 21.1. The van der Waals surface area contributed by atoms with E-state index in [1.807, 2.05) is 42.5 Å². The van der Waals surface area contributed by atoms with Gasteiger partial charge in [0.25, 0.3) is 11.8 Å². The largest absolute Gasteiger partial charge is 0.351 e. The highest BCUT2D eigenvalue weighted by Gasteiger charge is 2.41. The van der Waals surface area contributed by atoms with Gasteiger partial charge in [0, 0.05) is 31.2 Å². The standard InChI is InChI=1S/C29H36N4O3/c1-31(23-8-3-2-4-9-23)19-17-30-27(34)22-15-13-21(14-16-22)20-33-25-11-6-5-10-24(25)28(35)32-18-7-12-26(32)29(33)36/h5-6,10-11,13-16,23,26H,2-4,7-9,12,17-20H2,1H3,(H,30,34)/t26-/m1/s1. The lowest BCUT2D eigenvalue weighted by Crippen LogP contribution is -2.44. The fourth-order valence-corrected chi connectivity index (χ4v) is 5.87. The first kappa shape index (κ1) is 24.5. The van der Waals surface area contributed by atoms with Gasteiger partial charge in [0.05, 0.1) is 17.8 Å². The van der Waals surface area contributed by atoms with Crippen molar-refractivity contribution in [3.63, 3.8) is 0 Å². The number of hydrogen-bond donors (Lipinski definition) is 1. The van der Waals surface area contributed by atoms with E-state index in [0.29, 0.717) is 48.9 Å². The van der Waals surface area contributed by atoms with Crippen LogP contribution >= 0.6 is 0 Å². The molecule has 2 heterocycles. The molecular formula is C29H36N4O3. The molecule has 0 unspecified atom stereocenters. The van der Waals surface area contributed by atoms with Crippen molar-refractivity contribution in [3.8, 4) is 0 Å². The number of hydrogen-bond acceptors (Lipinski definition) is 4. The quantitative estimate of drug-likeness (QED) is 0.643. The second-order valence-corrected chi connectivity index (χ2v) is 10.3. The van der Waals surface area contributed by atoms with Gasteiger partial charge in [-0.15, -0.1) is 0 Å². The molecule has 1 saturated heterocycles. The third-order valence-corrected chi connectivity index (χ3v) is 7.99. The summed E-state index contributed by atoms with van der Waals surface area (Å²) in [5, 5.41) is 3.04. The van der Waals surface area contributed by atoms with E-state index in [4.69, 9.17) is 0 Å². The van der Waals surface area contributed by atoms with Crippen molar-refractivity contribution in [2.24, 2.45) is 0 Å². The monoisotopic (exact) mass is 488 g/mol. The molecule has 0 aromatic heterocycles. The Morgan fingerprint density at radius 2 is 1.72 bits per heavy atom. The van der Waals surface area contributed by atoms with Crippen molar-refractivity contribution in [3.05, 3.63) is 65.2 Å².